The highest BCUT2D eigenvalue weighted by Crippen LogP contribution is 2.35. The Hall–Kier alpha value is -0.800. The van der Waals surface area contributed by atoms with Gasteiger partial charge in [-0.2, -0.15) is 0 Å². The standard InChI is InChI=1S/C11H14ClFO2/c1-6-4-8(12)10(13)9(7(2)5-14)11(6)15-3/h4,7,14H,5H2,1-3H3. The summed E-state index contributed by atoms with van der Waals surface area (Å²) in [5.74, 6) is -0.392. The molecule has 0 saturated carbocycles. The van der Waals surface area contributed by atoms with Gasteiger partial charge in [0.2, 0.25) is 0 Å². The Morgan fingerprint density at radius 3 is 2.67 bits per heavy atom. The number of rotatable bonds is 3. The van der Waals surface area contributed by atoms with Gasteiger partial charge in [0, 0.05) is 18.1 Å². The Morgan fingerprint density at radius 2 is 2.20 bits per heavy atom. The quantitative estimate of drug-likeness (QED) is 0.869. The number of aryl methyl sites for hydroxylation is 1. The van der Waals surface area contributed by atoms with Crippen LogP contribution >= 0.6 is 11.6 Å². The van der Waals surface area contributed by atoms with Crippen LogP contribution in [0.5, 0.6) is 5.75 Å². The molecule has 0 aliphatic rings. The van der Waals surface area contributed by atoms with Crippen LogP contribution in [0.2, 0.25) is 5.02 Å². The van der Waals surface area contributed by atoms with Gasteiger partial charge in [0.1, 0.15) is 11.6 Å². The van der Waals surface area contributed by atoms with Crippen molar-refractivity contribution in [2.45, 2.75) is 19.8 Å². The van der Waals surface area contributed by atoms with E-state index in [0.717, 1.165) is 5.56 Å². The van der Waals surface area contributed by atoms with E-state index in [-0.39, 0.29) is 17.5 Å². The summed E-state index contributed by atoms with van der Waals surface area (Å²) in [7, 11) is 1.48. The number of hydrogen-bond acceptors (Lipinski definition) is 2. The van der Waals surface area contributed by atoms with E-state index >= 15 is 0 Å². The molecule has 0 aliphatic heterocycles. The molecule has 4 heteroatoms. The molecule has 0 aromatic heterocycles. The van der Waals surface area contributed by atoms with Crippen LogP contribution < -0.4 is 4.74 Å². The van der Waals surface area contributed by atoms with E-state index in [1.807, 2.05) is 0 Å². The minimum atomic E-state index is -0.513. The van der Waals surface area contributed by atoms with Crippen LogP contribution in [0, 0.1) is 12.7 Å². The topological polar surface area (TPSA) is 29.5 Å². The maximum absolute atomic E-state index is 13.7. The van der Waals surface area contributed by atoms with Crippen LogP contribution in [-0.2, 0) is 0 Å². The maximum Gasteiger partial charge on any atom is 0.149 e. The molecule has 84 valence electrons. The summed E-state index contributed by atoms with van der Waals surface area (Å²) in [6.07, 6.45) is 0. The fraction of sp³-hybridized carbons (Fsp3) is 0.455. The van der Waals surface area contributed by atoms with Gasteiger partial charge in [-0.15, -0.1) is 0 Å². The largest absolute Gasteiger partial charge is 0.496 e. The summed E-state index contributed by atoms with van der Waals surface area (Å²) >= 11 is 5.74. The molecule has 2 nitrogen and oxygen atoms in total. The van der Waals surface area contributed by atoms with Crippen LogP contribution in [-0.4, -0.2) is 18.8 Å². The fourth-order valence-electron chi connectivity index (χ4n) is 1.56. The van der Waals surface area contributed by atoms with Crippen molar-refractivity contribution in [3.05, 3.63) is 28.0 Å². The van der Waals surface area contributed by atoms with Crippen molar-refractivity contribution in [2.75, 3.05) is 13.7 Å². The zero-order valence-corrected chi connectivity index (χ0v) is 9.73. The number of aliphatic hydroxyl groups excluding tert-OH is 1. The number of benzene rings is 1. The van der Waals surface area contributed by atoms with Crippen LogP contribution in [0.4, 0.5) is 4.39 Å². The van der Waals surface area contributed by atoms with Crippen LogP contribution in [0.25, 0.3) is 0 Å². The Morgan fingerprint density at radius 1 is 1.60 bits per heavy atom. The third kappa shape index (κ3) is 2.24. The Kier molecular flexibility index (Phi) is 3.94. The van der Waals surface area contributed by atoms with Crippen molar-refractivity contribution in [1.29, 1.82) is 0 Å². The van der Waals surface area contributed by atoms with Crippen LogP contribution in [0.15, 0.2) is 6.07 Å². The summed E-state index contributed by atoms with van der Waals surface area (Å²) in [6.45, 7) is 3.36. The lowest BCUT2D eigenvalue weighted by Crippen LogP contribution is -2.06. The Bertz CT molecular complexity index is 366. The van der Waals surface area contributed by atoms with Gasteiger partial charge in [-0.1, -0.05) is 18.5 Å². The van der Waals surface area contributed by atoms with E-state index in [1.165, 1.54) is 13.2 Å². The SMILES string of the molecule is COc1c(C)cc(Cl)c(F)c1C(C)CO. The number of halogens is 2. The van der Waals surface area contributed by atoms with Crippen molar-refractivity contribution in [3.63, 3.8) is 0 Å². The summed E-state index contributed by atoms with van der Waals surface area (Å²) < 4.78 is 18.9. The van der Waals surface area contributed by atoms with Crippen molar-refractivity contribution in [3.8, 4) is 5.75 Å². The minimum Gasteiger partial charge on any atom is -0.496 e. The van der Waals surface area contributed by atoms with Crippen molar-refractivity contribution >= 4 is 11.6 Å². The van der Waals surface area contributed by atoms with E-state index in [9.17, 15) is 4.39 Å². The first kappa shape index (κ1) is 12.3. The number of hydrogen-bond donors (Lipinski definition) is 1. The summed E-state index contributed by atoms with van der Waals surface area (Å²) in [5.41, 5.74) is 1.10. The number of ether oxygens (including phenoxy) is 1. The third-order valence-electron chi connectivity index (χ3n) is 2.36. The van der Waals surface area contributed by atoms with Gasteiger partial charge in [0.15, 0.2) is 0 Å². The molecule has 1 rings (SSSR count). The monoisotopic (exact) mass is 232 g/mol. The van der Waals surface area contributed by atoms with Gasteiger partial charge in [-0.05, 0) is 18.6 Å². The van der Waals surface area contributed by atoms with Crippen molar-refractivity contribution < 1.29 is 14.2 Å². The van der Waals surface area contributed by atoms with Gasteiger partial charge in [0.25, 0.3) is 0 Å². The molecule has 1 aromatic rings. The zero-order valence-electron chi connectivity index (χ0n) is 8.97. The average Bonchev–Trinajstić information content (AvgIpc) is 2.21. The van der Waals surface area contributed by atoms with Crippen LogP contribution in [0.3, 0.4) is 0 Å². The van der Waals surface area contributed by atoms with Gasteiger partial charge in [0.05, 0.1) is 12.1 Å². The molecule has 0 amide bonds. The summed E-state index contributed by atoms with van der Waals surface area (Å²) in [4.78, 5) is 0. The molecule has 1 N–H and O–H groups in total. The van der Waals surface area contributed by atoms with E-state index in [4.69, 9.17) is 21.4 Å². The predicted molar refractivity (Wildman–Crippen MR) is 58.2 cm³/mol. The highest BCUT2D eigenvalue weighted by molar-refractivity contribution is 6.31. The Balaban J connectivity index is 3.43. The molecule has 1 atom stereocenters. The third-order valence-corrected chi connectivity index (χ3v) is 2.64. The van der Waals surface area contributed by atoms with Gasteiger partial charge >= 0.3 is 0 Å². The van der Waals surface area contributed by atoms with Gasteiger partial charge < -0.3 is 9.84 Å². The highest BCUT2D eigenvalue weighted by atomic mass is 35.5. The second kappa shape index (κ2) is 4.81. The average molecular weight is 233 g/mol. The van der Waals surface area contributed by atoms with E-state index < -0.39 is 5.82 Å². The zero-order chi connectivity index (χ0) is 11.6. The molecule has 0 aliphatic carbocycles. The van der Waals surface area contributed by atoms with E-state index in [0.29, 0.717) is 11.3 Å². The number of aliphatic hydroxyl groups is 1. The highest BCUT2D eigenvalue weighted by Gasteiger charge is 2.20. The first-order valence-corrected chi connectivity index (χ1v) is 5.04. The Labute approximate surface area is 93.6 Å². The van der Waals surface area contributed by atoms with E-state index in [2.05, 4.69) is 0 Å². The normalized spacial score (nSPS) is 12.7. The molecular formula is C11H14ClFO2. The number of methoxy groups -OCH3 is 1. The lowest BCUT2D eigenvalue weighted by atomic mass is 9.98. The van der Waals surface area contributed by atoms with Crippen molar-refractivity contribution in [1.82, 2.24) is 0 Å². The first-order chi connectivity index (χ1) is 7.02. The van der Waals surface area contributed by atoms with E-state index in [1.54, 1.807) is 13.8 Å². The first-order valence-electron chi connectivity index (χ1n) is 4.66. The lowest BCUT2D eigenvalue weighted by molar-refractivity contribution is 0.266. The fourth-order valence-corrected chi connectivity index (χ4v) is 1.83. The van der Waals surface area contributed by atoms with Gasteiger partial charge in [-0.3, -0.25) is 0 Å². The second-order valence-electron chi connectivity index (χ2n) is 3.52. The van der Waals surface area contributed by atoms with Crippen LogP contribution in [0.1, 0.15) is 24.0 Å². The minimum absolute atomic E-state index is 0.0589. The van der Waals surface area contributed by atoms with Crippen molar-refractivity contribution in [2.24, 2.45) is 0 Å². The maximum atomic E-state index is 13.7. The molecule has 0 bridgehead atoms. The molecule has 0 heterocycles. The smallest absolute Gasteiger partial charge is 0.149 e. The summed E-state index contributed by atoms with van der Waals surface area (Å²) in [6, 6.07) is 1.52. The molecule has 1 aromatic carbocycles. The molecule has 15 heavy (non-hydrogen) atoms. The lowest BCUT2D eigenvalue weighted by Gasteiger charge is -2.17. The molecule has 0 saturated heterocycles. The molecular weight excluding hydrogens is 219 g/mol. The molecule has 1 unspecified atom stereocenters. The molecule has 0 fully saturated rings. The second-order valence-corrected chi connectivity index (χ2v) is 3.93. The molecule has 0 radical (unpaired) electrons. The predicted octanol–water partition coefficient (Wildman–Crippen LogP) is 2.89. The molecule has 0 spiro atoms. The van der Waals surface area contributed by atoms with Gasteiger partial charge in [-0.25, -0.2) is 4.39 Å². The summed E-state index contributed by atoms with van der Waals surface area (Å²) in [5, 5.41) is 9.11.